The molecule has 28 heavy (non-hydrogen) atoms. The first-order valence-corrected chi connectivity index (χ1v) is 9.18. The maximum atomic E-state index is 11.4. The van der Waals surface area contributed by atoms with E-state index in [-0.39, 0.29) is 11.5 Å². The molecule has 1 aliphatic heterocycles. The van der Waals surface area contributed by atoms with E-state index in [9.17, 15) is 14.7 Å². The molecule has 0 spiro atoms. The number of aromatic nitrogens is 3. The van der Waals surface area contributed by atoms with E-state index in [1.807, 2.05) is 4.90 Å². The van der Waals surface area contributed by atoms with Gasteiger partial charge < -0.3 is 19.9 Å². The van der Waals surface area contributed by atoms with Crippen LogP contribution in [0.3, 0.4) is 0 Å². The second-order valence-electron chi connectivity index (χ2n) is 6.65. The summed E-state index contributed by atoms with van der Waals surface area (Å²) in [5.74, 6) is -0.334. The van der Waals surface area contributed by atoms with Gasteiger partial charge in [-0.3, -0.25) is 4.79 Å². The van der Waals surface area contributed by atoms with E-state index >= 15 is 0 Å². The lowest BCUT2D eigenvalue weighted by Crippen LogP contribution is -2.48. The highest BCUT2D eigenvalue weighted by atomic mass is 35.5. The Balaban J connectivity index is 1.60. The molecular weight excluding hydrogens is 382 g/mol. The van der Waals surface area contributed by atoms with Crippen molar-refractivity contribution in [1.82, 2.24) is 19.9 Å². The number of carboxylic acid groups (broad SMARTS) is 1. The maximum absolute atomic E-state index is 11.4. The van der Waals surface area contributed by atoms with Crippen LogP contribution in [0.2, 0.25) is 5.02 Å². The van der Waals surface area contributed by atoms with Gasteiger partial charge in [0, 0.05) is 73.7 Å². The number of hydrogen-bond acceptors (Lipinski definition) is 5. The van der Waals surface area contributed by atoms with Crippen molar-refractivity contribution in [3.05, 3.63) is 41.3 Å². The van der Waals surface area contributed by atoms with Crippen molar-refractivity contribution < 1.29 is 14.7 Å². The largest absolute Gasteiger partial charge is 0.478 e. The van der Waals surface area contributed by atoms with Crippen LogP contribution in [0, 0.1) is 0 Å². The van der Waals surface area contributed by atoms with Crippen LogP contribution in [-0.4, -0.2) is 63.0 Å². The summed E-state index contributed by atoms with van der Waals surface area (Å²) in [6.07, 6.45) is 4.81. The van der Waals surface area contributed by atoms with Crippen LogP contribution in [0.1, 0.15) is 17.3 Å². The smallest absolute Gasteiger partial charge is 0.337 e. The number of benzene rings is 1. The minimum Gasteiger partial charge on any atom is -0.478 e. The van der Waals surface area contributed by atoms with Crippen LogP contribution >= 0.6 is 11.6 Å². The zero-order valence-corrected chi connectivity index (χ0v) is 15.9. The summed E-state index contributed by atoms with van der Waals surface area (Å²) in [5, 5.41) is 10.4. The molecule has 8 nitrogen and oxygen atoms in total. The Morgan fingerprint density at radius 3 is 2.43 bits per heavy atom. The van der Waals surface area contributed by atoms with E-state index in [2.05, 4.69) is 15.0 Å². The molecule has 3 aromatic rings. The van der Waals surface area contributed by atoms with Crippen LogP contribution in [-0.2, 0) is 4.79 Å². The molecule has 2 aromatic heterocycles. The number of nitrogens with one attached hydrogen (secondary N) is 1. The lowest BCUT2D eigenvalue weighted by atomic mass is 10.0. The van der Waals surface area contributed by atoms with E-state index in [4.69, 9.17) is 11.6 Å². The van der Waals surface area contributed by atoms with Crippen molar-refractivity contribution in [3.8, 4) is 11.1 Å². The molecule has 144 valence electrons. The average molecular weight is 400 g/mol. The predicted molar refractivity (Wildman–Crippen MR) is 106 cm³/mol. The van der Waals surface area contributed by atoms with Gasteiger partial charge in [-0.1, -0.05) is 11.6 Å². The summed E-state index contributed by atoms with van der Waals surface area (Å²) in [6, 6.07) is 3.44. The summed E-state index contributed by atoms with van der Waals surface area (Å²) in [4.78, 5) is 38.5. The van der Waals surface area contributed by atoms with Crippen LogP contribution in [0.4, 0.5) is 5.95 Å². The zero-order valence-electron chi connectivity index (χ0n) is 15.1. The first-order chi connectivity index (χ1) is 13.4. The fourth-order valence-corrected chi connectivity index (χ4v) is 3.66. The van der Waals surface area contributed by atoms with E-state index in [1.165, 1.54) is 6.20 Å². The Labute approximate surface area is 165 Å². The van der Waals surface area contributed by atoms with E-state index < -0.39 is 5.97 Å². The third-order valence-electron chi connectivity index (χ3n) is 4.96. The Morgan fingerprint density at radius 1 is 1.14 bits per heavy atom. The number of carbonyl (C=O) groups excluding carboxylic acids is 1. The summed E-state index contributed by atoms with van der Waals surface area (Å²) in [6.45, 7) is 4.22. The number of aromatic amines is 1. The molecule has 0 bridgehead atoms. The molecule has 2 N–H and O–H groups in total. The van der Waals surface area contributed by atoms with Gasteiger partial charge in [0.2, 0.25) is 11.9 Å². The Kier molecular flexibility index (Phi) is 4.64. The Morgan fingerprint density at radius 2 is 1.82 bits per heavy atom. The van der Waals surface area contributed by atoms with Crippen molar-refractivity contribution in [2.75, 3.05) is 31.1 Å². The van der Waals surface area contributed by atoms with Crippen LogP contribution < -0.4 is 4.90 Å². The highest BCUT2D eigenvalue weighted by Gasteiger charge is 2.21. The SMILES string of the molecule is CC(=O)N1CCN(c2ncc(-c3cc4c(C(=O)O)c[nH]c4cc3Cl)cn2)CC1. The van der Waals surface area contributed by atoms with Crippen molar-refractivity contribution >= 4 is 40.3 Å². The summed E-state index contributed by atoms with van der Waals surface area (Å²) in [5.41, 5.74) is 2.22. The Bertz CT molecular complexity index is 1060. The zero-order chi connectivity index (χ0) is 19.8. The lowest BCUT2D eigenvalue weighted by molar-refractivity contribution is -0.129. The maximum Gasteiger partial charge on any atom is 0.337 e. The standard InChI is InChI=1S/C19H18ClN5O3/c1-11(26)24-2-4-25(5-3-24)19-22-8-12(9-23-19)13-6-14-15(18(27)28)10-21-17(14)7-16(13)20/h6-10,21H,2-5H2,1H3,(H,27,28). The quantitative estimate of drug-likeness (QED) is 0.701. The molecule has 3 heterocycles. The summed E-state index contributed by atoms with van der Waals surface area (Å²) >= 11 is 6.39. The molecule has 1 saturated heterocycles. The average Bonchev–Trinajstić information content (AvgIpc) is 3.10. The number of H-pyrrole nitrogens is 1. The first kappa shape index (κ1) is 18.2. The highest BCUT2D eigenvalue weighted by Crippen LogP contribution is 2.33. The number of piperazine rings is 1. The second kappa shape index (κ2) is 7.12. The van der Waals surface area contributed by atoms with Gasteiger partial charge in [0.15, 0.2) is 0 Å². The normalized spacial score (nSPS) is 14.5. The molecule has 0 atom stereocenters. The van der Waals surface area contributed by atoms with Crippen molar-refractivity contribution in [1.29, 1.82) is 0 Å². The van der Waals surface area contributed by atoms with Crippen molar-refractivity contribution in [2.45, 2.75) is 6.92 Å². The number of hydrogen-bond donors (Lipinski definition) is 2. The van der Waals surface area contributed by atoms with Gasteiger partial charge in [-0.05, 0) is 12.1 Å². The molecule has 0 unspecified atom stereocenters. The Hall–Kier alpha value is -3.13. The highest BCUT2D eigenvalue weighted by molar-refractivity contribution is 6.34. The van der Waals surface area contributed by atoms with Gasteiger partial charge in [-0.25, -0.2) is 14.8 Å². The van der Waals surface area contributed by atoms with Gasteiger partial charge in [-0.2, -0.15) is 0 Å². The topological polar surface area (TPSA) is 102 Å². The minimum atomic E-state index is -1.00. The van der Waals surface area contributed by atoms with Gasteiger partial charge >= 0.3 is 5.97 Å². The molecular formula is C19H18ClN5O3. The van der Waals surface area contributed by atoms with Crippen LogP contribution in [0.5, 0.6) is 0 Å². The van der Waals surface area contributed by atoms with Gasteiger partial charge in [0.25, 0.3) is 0 Å². The molecule has 4 rings (SSSR count). The molecule has 0 saturated carbocycles. The minimum absolute atomic E-state index is 0.0754. The molecule has 1 amide bonds. The number of carbonyl (C=O) groups is 2. The van der Waals surface area contributed by atoms with Crippen LogP contribution in [0.25, 0.3) is 22.0 Å². The second-order valence-corrected chi connectivity index (χ2v) is 7.06. The van der Waals surface area contributed by atoms with Crippen molar-refractivity contribution in [2.24, 2.45) is 0 Å². The number of aromatic carboxylic acids is 1. The monoisotopic (exact) mass is 399 g/mol. The number of anilines is 1. The molecule has 9 heteroatoms. The fraction of sp³-hybridized carbons (Fsp3) is 0.263. The molecule has 1 fully saturated rings. The molecule has 0 radical (unpaired) electrons. The molecule has 0 aliphatic carbocycles. The summed E-state index contributed by atoms with van der Waals surface area (Å²) < 4.78 is 0. The van der Waals surface area contributed by atoms with E-state index in [1.54, 1.807) is 36.4 Å². The third kappa shape index (κ3) is 3.27. The number of amides is 1. The molecule has 1 aromatic carbocycles. The predicted octanol–water partition coefficient (Wildman–Crippen LogP) is 2.65. The van der Waals surface area contributed by atoms with E-state index in [0.717, 1.165) is 0 Å². The number of fused-ring (bicyclic) bond motifs is 1. The van der Waals surface area contributed by atoms with Gasteiger partial charge in [0.1, 0.15) is 0 Å². The number of rotatable bonds is 3. The number of nitrogens with zero attached hydrogens (tertiary/aromatic N) is 4. The van der Waals surface area contributed by atoms with Crippen LogP contribution in [0.15, 0.2) is 30.7 Å². The first-order valence-electron chi connectivity index (χ1n) is 8.81. The van der Waals surface area contributed by atoms with E-state index in [0.29, 0.717) is 59.2 Å². The van der Waals surface area contributed by atoms with Gasteiger partial charge in [0.05, 0.1) is 10.6 Å². The number of halogens is 1. The third-order valence-corrected chi connectivity index (χ3v) is 5.27. The summed E-state index contributed by atoms with van der Waals surface area (Å²) in [7, 11) is 0. The number of carboxylic acids is 1. The van der Waals surface area contributed by atoms with Crippen molar-refractivity contribution in [3.63, 3.8) is 0 Å². The lowest BCUT2D eigenvalue weighted by Gasteiger charge is -2.34. The molecule has 1 aliphatic rings. The van der Waals surface area contributed by atoms with Gasteiger partial charge in [-0.15, -0.1) is 0 Å². The fourth-order valence-electron chi connectivity index (χ4n) is 3.39.